The lowest BCUT2D eigenvalue weighted by Gasteiger charge is -2.27. The average Bonchev–Trinajstić information content (AvgIpc) is 3.61. The van der Waals surface area contributed by atoms with E-state index in [-0.39, 0.29) is 5.82 Å². The maximum atomic E-state index is 13.9. The van der Waals surface area contributed by atoms with Gasteiger partial charge in [0.15, 0.2) is 0 Å². The van der Waals surface area contributed by atoms with Crippen LogP contribution in [0.15, 0.2) is 156 Å². The van der Waals surface area contributed by atoms with Gasteiger partial charge in [-0.25, -0.2) is 4.39 Å². The maximum absolute atomic E-state index is 13.9. The van der Waals surface area contributed by atoms with E-state index in [9.17, 15) is 4.39 Å². The Morgan fingerprint density at radius 3 is 2.07 bits per heavy atom. The van der Waals surface area contributed by atoms with Gasteiger partial charge in [0.25, 0.3) is 0 Å². The maximum Gasteiger partial charge on any atom is 0.137 e. The third-order valence-electron chi connectivity index (χ3n) is 8.61. The number of nitrogens with zero attached hydrogens (tertiary/aromatic N) is 2. The molecule has 0 amide bonds. The summed E-state index contributed by atoms with van der Waals surface area (Å²) in [6.45, 7) is 0. The van der Waals surface area contributed by atoms with Gasteiger partial charge in [-0.1, -0.05) is 72.8 Å². The number of fused-ring (bicyclic) bond motifs is 7. The van der Waals surface area contributed by atoms with Gasteiger partial charge in [0.05, 0.1) is 22.1 Å². The summed E-state index contributed by atoms with van der Waals surface area (Å²) in [4.78, 5) is 2.33. The van der Waals surface area contributed by atoms with Crippen molar-refractivity contribution in [3.8, 4) is 5.69 Å². The number of hydrogen-bond acceptors (Lipinski definition) is 2. The molecule has 208 valence electrons. The van der Waals surface area contributed by atoms with E-state index in [1.54, 1.807) is 0 Å². The molecule has 7 aromatic carbocycles. The lowest BCUT2D eigenvalue weighted by molar-refractivity contribution is 0.627. The molecular weight excluding hydrogens is 543 g/mol. The molecular formula is C40H25FN2O. The van der Waals surface area contributed by atoms with Crippen LogP contribution in [0, 0.1) is 5.82 Å². The van der Waals surface area contributed by atoms with Gasteiger partial charge in [-0.05, 0) is 89.6 Å². The van der Waals surface area contributed by atoms with E-state index < -0.39 is 0 Å². The minimum Gasteiger partial charge on any atom is -0.456 e. The molecule has 3 nitrogen and oxygen atoms in total. The van der Waals surface area contributed by atoms with Crippen molar-refractivity contribution >= 4 is 71.6 Å². The third-order valence-corrected chi connectivity index (χ3v) is 8.61. The first-order valence-corrected chi connectivity index (χ1v) is 14.7. The second kappa shape index (κ2) is 9.58. The van der Waals surface area contributed by atoms with Crippen LogP contribution < -0.4 is 4.90 Å². The van der Waals surface area contributed by atoms with Crippen molar-refractivity contribution in [1.29, 1.82) is 0 Å². The molecule has 2 aromatic heterocycles. The Balaban J connectivity index is 1.34. The van der Waals surface area contributed by atoms with Crippen molar-refractivity contribution in [2.75, 3.05) is 4.90 Å². The molecule has 0 unspecified atom stereocenters. The Kier molecular flexibility index (Phi) is 5.38. The molecule has 4 heteroatoms. The van der Waals surface area contributed by atoms with Crippen molar-refractivity contribution in [3.05, 3.63) is 157 Å². The van der Waals surface area contributed by atoms with E-state index in [0.29, 0.717) is 0 Å². The number of aromatic nitrogens is 1. The van der Waals surface area contributed by atoms with E-state index in [1.165, 1.54) is 22.9 Å². The van der Waals surface area contributed by atoms with E-state index in [0.717, 1.165) is 66.5 Å². The summed E-state index contributed by atoms with van der Waals surface area (Å²) in [5.74, 6) is -0.247. The number of hydrogen-bond donors (Lipinski definition) is 0. The second-order valence-electron chi connectivity index (χ2n) is 11.1. The first-order valence-electron chi connectivity index (χ1n) is 14.7. The van der Waals surface area contributed by atoms with Gasteiger partial charge >= 0.3 is 0 Å². The van der Waals surface area contributed by atoms with E-state index in [4.69, 9.17) is 4.42 Å². The molecule has 0 fully saturated rings. The highest BCUT2D eigenvalue weighted by Gasteiger charge is 2.21. The lowest BCUT2D eigenvalue weighted by atomic mass is 10.0. The van der Waals surface area contributed by atoms with Crippen LogP contribution in [0.5, 0.6) is 0 Å². The van der Waals surface area contributed by atoms with E-state index >= 15 is 0 Å². The van der Waals surface area contributed by atoms with Crippen LogP contribution in [0.1, 0.15) is 0 Å². The summed E-state index contributed by atoms with van der Waals surface area (Å²) in [7, 11) is 0. The molecule has 0 saturated heterocycles. The normalized spacial score (nSPS) is 11.8. The molecule has 0 radical (unpaired) electrons. The Bertz CT molecular complexity index is 2520. The van der Waals surface area contributed by atoms with Gasteiger partial charge in [-0.15, -0.1) is 0 Å². The van der Waals surface area contributed by atoms with Gasteiger partial charge in [-0.3, -0.25) is 0 Å². The van der Waals surface area contributed by atoms with Crippen molar-refractivity contribution < 1.29 is 8.81 Å². The standard InChI is InChI=1S/C40H25FN2O/c41-28-17-20-29(21-18-28)43-35-12-5-3-10-32(35)34-25-31(22-23-36(34)43)42(30-19-16-26-8-1-2-9-27(26)24-30)37-13-7-15-39-40(37)33-11-4-6-14-38(33)44-39/h1-25H. The van der Waals surface area contributed by atoms with Crippen molar-refractivity contribution in [1.82, 2.24) is 4.57 Å². The topological polar surface area (TPSA) is 21.3 Å². The molecule has 2 heterocycles. The highest BCUT2D eigenvalue weighted by Crippen LogP contribution is 2.45. The quantitative estimate of drug-likeness (QED) is 0.211. The fraction of sp³-hybridized carbons (Fsp3) is 0. The van der Waals surface area contributed by atoms with Crippen molar-refractivity contribution in [2.45, 2.75) is 0 Å². The Labute approximate surface area is 252 Å². The fourth-order valence-electron chi connectivity index (χ4n) is 6.65. The summed E-state index contributed by atoms with van der Waals surface area (Å²) in [6, 6.07) is 51.3. The van der Waals surface area contributed by atoms with Crippen molar-refractivity contribution in [2.24, 2.45) is 0 Å². The largest absolute Gasteiger partial charge is 0.456 e. The molecule has 44 heavy (non-hydrogen) atoms. The molecule has 0 spiro atoms. The number of benzene rings is 7. The lowest BCUT2D eigenvalue weighted by Crippen LogP contribution is -2.10. The van der Waals surface area contributed by atoms with Crippen LogP contribution in [-0.2, 0) is 0 Å². The Hall–Kier alpha value is -5.87. The average molecular weight is 569 g/mol. The number of para-hydroxylation sites is 2. The second-order valence-corrected chi connectivity index (χ2v) is 11.1. The number of halogens is 1. The van der Waals surface area contributed by atoms with Crippen LogP contribution in [-0.4, -0.2) is 4.57 Å². The molecule has 0 aliphatic carbocycles. The van der Waals surface area contributed by atoms with Gasteiger partial charge in [0, 0.05) is 33.2 Å². The fourth-order valence-corrected chi connectivity index (χ4v) is 6.65. The SMILES string of the molecule is Fc1ccc(-n2c3ccccc3c3cc(N(c4ccc5ccccc5c4)c4cccc5oc6ccccc6c45)ccc32)cc1. The summed E-state index contributed by atoms with van der Waals surface area (Å²) in [5.41, 5.74) is 7.92. The van der Waals surface area contributed by atoms with Crippen LogP contribution in [0.25, 0.3) is 60.2 Å². The highest BCUT2D eigenvalue weighted by molar-refractivity contribution is 6.15. The summed E-state index contributed by atoms with van der Waals surface area (Å²) < 4.78 is 22.4. The Morgan fingerprint density at radius 1 is 0.500 bits per heavy atom. The zero-order valence-electron chi connectivity index (χ0n) is 23.6. The zero-order valence-corrected chi connectivity index (χ0v) is 23.6. The zero-order chi connectivity index (χ0) is 29.2. The van der Waals surface area contributed by atoms with Gasteiger partial charge in [0.1, 0.15) is 17.0 Å². The molecule has 9 rings (SSSR count). The summed E-state index contributed by atoms with van der Waals surface area (Å²) in [6.07, 6.45) is 0. The van der Waals surface area contributed by atoms with Crippen LogP contribution in [0.4, 0.5) is 21.5 Å². The minimum absolute atomic E-state index is 0.247. The van der Waals surface area contributed by atoms with Gasteiger partial charge in [-0.2, -0.15) is 0 Å². The molecule has 0 bridgehead atoms. The van der Waals surface area contributed by atoms with Crippen LogP contribution >= 0.6 is 0 Å². The van der Waals surface area contributed by atoms with Crippen LogP contribution in [0.3, 0.4) is 0 Å². The van der Waals surface area contributed by atoms with Crippen LogP contribution in [0.2, 0.25) is 0 Å². The summed E-state index contributed by atoms with van der Waals surface area (Å²) in [5, 5.41) is 6.79. The Morgan fingerprint density at radius 2 is 1.18 bits per heavy atom. The molecule has 0 N–H and O–H groups in total. The molecule has 0 aliphatic rings. The van der Waals surface area contributed by atoms with Gasteiger partial charge in [0.2, 0.25) is 0 Å². The van der Waals surface area contributed by atoms with E-state index in [2.05, 4.69) is 113 Å². The third kappa shape index (κ3) is 3.74. The minimum atomic E-state index is -0.247. The highest BCUT2D eigenvalue weighted by atomic mass is 19.1. The smallest absolute Gasteiger partial charge is 0.137 e. The number of furan rings is 1. The monoisotopic (exact) mass is 568 g/mol. The predicted octanol–water partition coefficient (Wildman–Crippen LogP) is 11.4. The summed E-state index contributed by atoms with van der Waals surface area (Å²) >= 11 is 0. The number of rotatable bonds is 4. The first kappa shape index (κ1) is 24.7. The molecule has 0 atom stereocenters. The predicted molar refractivity (Wildman–Crippen MR) is 180 cm³/mol. The molecule has 0 aliphatic heterocycles. The number of anilines is 3. The van der Waals surface area contributed by atoms with Gasteiger partial charge < -0.3 is 13.9 Å². The van der Waals surface area contributed by atoms with Crippen molar-refractivity contribution in [3.63, 3.8) is 0 Å². The first-order chi connectivity index (χ1) is 21.7. The molecule has 0 saturated carbocycles. The van der Waals surface area contributed by atoms with E-state index in [1.807, 2.05) is 36.4 Å². The molecule has 9 aromatic rings.